The molecular weight excluding hydrogens is 252 g/mol. The highest BCUT2D eigenvalue weighted by Gasteiger charge is 2.16. The summed E-state index contributed by atoms with van der Waals surface area (Å²) in [6.45, 7) is 3.92. The highest BCUT2D eigenvalue weighted by Crippen LogP contribution is 2.36. The second-order valence-electron chi connectivity index (χ2n) is 4.15. The van der Waals surface area contributed by atoms with Gasteiger partial charge in [-0.15, -0.1) is 11.8 Å². The lowest BCUT2D eigenvalue weighted by Crippen LogP contribution is -2.16. The Morgan fingerprint density at radius 1 is 1.41 bits per heavy atom. The second kappa shape index (κ2) is 5.77. The molecule has 0 amide bonds. The maximum atomic E-state index is 8.92. The normalized spacial score (nSPS) is 16.8. The molecule has 0 spiro atoms. The Morgan fingerprint density at radius 3 is 2.94 bits per heavy atom. The molecule has 0 aliphatic carbocycles. The highest BCUT2D eigenvalue weighted by atomic mass is 35.5. The average molecular weight is 267 g/mol. The standard InChI is InChI=1S/C13H15ClN2S/c1-9(8-15)17-13-11-5-7-16-6-4-10(11)2-3-12(13)14/h2-3,9,16H,4-7H2,1H3. The van der Waals surface area contributed by atoms with Crippen molar-refractivity contribution in [3.05, 3.63) is 28.3 Å². The summed E-state index contributed by atoms with van der Waals surface area (Å²) in [5, 5.41) is 13.0. The van der Waals surface area contributed by atoms with Crippen LogP contribution in [-0.2, 0) is 12.8 Å². The van der Waals surface area contributed by atoms with Gasteiger partial charge in [-0.3, -0.25) is 0 Å². The van der Waals surface area contributed by atoms with E-state index in [0.29, 0.717) is 0 Å². The van der Waals surface area contributed by atoms with Gasteiger partial charge in [0.05, 0.1) is 16.3 Å². The van der Waals surface area contributed by atoms with Gasteiger partial charge in [0, 0.05) is 4.90 Å². The molecule has 1 unspecified atom stereocenters. The first kappa shape index (κ1) is 12.8. The van der Waals surface area contributed by atoms with Crippen molar-refractivity contribution in [1.82, 2.24) is 5.32 Å². The van der Waals surface area contributed by atoms with Crippen LogP contribution in [0.25, 0.3) is 0 Å². The van der Waals surface area contributed by atoms with Crippen LogP contribution in [0.1, 0.15) is 18.1 Å². The van der Waals surface area contributed by atoms with Crippen LogP contribution in [0.5, 0.6) is 0 Å². The Kier molecular flexibility index (Phi) is 4.33. The first-order valence-electron chi connectivity index (χ1n) is 5.79. The molecule has 2 nitrogen and oxygen atoms in total. The van der Waals surface area contributed by atoms with Crippen molar-refractivity contribution in [3.63, 3.8) is 0 Å². The lowest BCUT2D eigenvalue weighted by molar-refractivity contribution is 0.709. The third-order valence-corrected chi connectivity index (χ3v) is 4.50. The third-order valence-electron chi connectivity index (χ3n) is 2.91. The Hall–Kier alpha value is -0.690. The van der Waals surface area contributed by atoms with Crippen molar-refractivity contribution in [2.45, 2.75) is 29.9 Å². The van der Waals surface area contributed by atoms with Crippen molar-refractivity contribution in [2.24, 2.45) is 0 Å². The van der Waals surface area contributed by atoms with Crippen molar-refractivity contribution < 1.29 is 0 Å². The molecule has 1 N–H and O–H groups in total. The minimum absolute atomic E-state index is 0.0600. The number of nitrogens with zero attached hydrogens (tertiary/aromatic N) is 1. The average Bonchev–Trinajstić information content (AvgIpc) is 2.57. The second-order valence-corrected chi connectivity index (χ2v) is 5.91. The molecule has 0 radical (unpaired) electrons. The largest absolute Gasteiger partial charge is 0.316 e. The lowest BCUT2D eigenvalue weighted by Gasteiger charge is -2.14. The van der Waals surface area contributed by atoms with Crippen LogP contribution >= 0.6 is 23.4 Å². The number of nitrogens with one attached hydrogen (secondary N) is 1. The molecule has 1 heterocycles. The number of hydrogen-bond acceptors (Lipinski definition) is 3. The van der Waals surface area contributed by atoms with Crippen LogP contribution in [0.3, 0.4) is 0 Å². The molecule has 1 atom stereocenters. The SMILES string of the molecule is CC(C#N)Sc1c(Cl)ccc2c1CCNCC2. The van der Waals surface area contributed by atoms with E-state index in [0.717, 1.165) is 35.8 Å². The van der Waals surface area contributed by atoms with E-state index >= 15 is 0 Å². The zero-order chi connectivity index (χ0) is 12.3. The first-order chi connectivity index (χ1) is 8.22. The van der Waals surface area contributed by atoms with E-state index in [4.69, 9.17) is 16.9 Å². The highest BCUT2D eigenvalue weighted by molar-refractivity contribution is 8.00. The van der Waals surface area contributed by atoms with Crippen molar-refractivity contribution >= 4 is 23.4 Å². The van der Waals surface area contributed by atoms with Gasteiger partial charge in [-0.2, -0.15) is 5.26 Å². The van der Waals surface area contributed by atoms with E-state index in [1.807, 2.05) is 13.0 Å². The Morgan fingerprint density at radius 2 is 2.18 bits per heavy atom. The van der Waals surface area contributed by atoms with Crippen LogP contribution in [0, 0.1) is 11.3 Å². The molecule has 1 aliphatic heterocycles. The number of nitriles is 1. The van der Waals surface area contributed by atoms with Crippen LogP contribution in [0.2, 0.25) is 5.02 Å². The molecule has 0 aromatic heterocycles. The van der Waals surface area contributed by atoms with E-state index in [2.05, 4.69) is 17.5 Å². The zero-order valence-corrected chi connectivity index (χ0v) is 11.4. The number of hydrogen-bond donors (Lipinski definition) is 1. The summed E-state index contributed by atoms with van der Waals surface area (Å²) < 4.78 is 0. The molecule has 1 aliphatic rings. The molecule has 2 rings (SSSR count). The van der Waals surface area contributed by atoms with Gasteiger partial charge >= 0.3 is 0 Å². The molecule has 0 saturated carbocycles. The van der Waals surface area contributed by atoms with Gasteiger partial charge in [0.15, 0.2) is 0 Å². The van der Waals surface area contributed by atoms with Crippen molar-refractivity contribution in [1.29, 1.82) is 5.26 Å². The maximum Gasteiger partial charge on any atom is 0.0936 e. The van der Waals surface area contributed by atoms with Crippen LogP contribution in [-0.4, -0.2) is 18.3 Å². The molecule has 4 heteroatoms. The van der Waals surface area contributed by atoms with Gasteiger partial charge in [-0.05, 0) is 50.0 Å². The number of rotatable bonds is 2. The van der Waals surface area contributed by atoms with Gasteiger partial charge < -0.3 is 5.32 Å². The van der Waals surface area contributed by atoms with Crippen LogP contribution in [0.4, 0.5) is 0 Å². The summed E-state index contributed by atoms with van der Waals surface area (Å²) in [6, 6.07) is 6.33. The van der Waals surface area contributed by atoms with E-state index in [1.165, 1.54) is 11.1 Å². The quantitative estimate of drug-likeness (QED) is 0.836. The molecule has 0 bridgehead atoms. The Balaban J connectivity index is 2.39. The minimum Gasteiger partial charge on any atom is -0.316 e. The fourth-order valence-electron chi connectivity index (χ4n) is 2.04. The molecule has 0 saturated heterocycles. The van der Waals surface area contributed by atoms with Gasteiger partial charge in [0.1, 0.15) is 0 Å². The van der Waals surface area contributed by atoms with Gasteiger partial charge in [0.2, 0.25) is 0 Å². The van der Waals surface area contributed by atoms with Crippen molar-refractivity contribution in [2.75, 3.05) is 13.1 Å². The topological polar surface area (TPSA) is 35.8 Å². The summed E-state index contributed by atoms with van der Waals surface area (Å²) >= 11 is 7.84. The van der Waals surface area contributed by atoms with Crippen LogP contribution in [0.15, 0.2) is 17.0 Å². The summed E-state index contributed by atoms with van der Waals surface area (Å²) in [7, 11) is 0. The fraction of sp³-hybridized carbons (Fsp3) is 0.462. The number of fused-ring (bicyclic) bond motifs is 1. The van der Waals surface area contributed by atoms with Gasteiger partial charge in [-0.1, -0.05) is 17.7 Å². The van der Waals surface area contributed by atoms with E-state index in [-0.39, 0.29) is 5.25 Å². The number of thioether (sulfide) groups is 1. The summed E-state index contributed by atoms with van der Waals surface area (Å²) in [5.74, 6) is 0. The fourth-order valence-corrected chi connectivity index (χ4v) is 3.31. The van der Waals surface area contributed by atoms with E-state index < -0.39 is 0 Å². The minimum atomic E-state index is -0.0600. The predicted octanol–water partition coefficient (Wildman–Crippen LogP) is 3.03. The number of halogens is 1. The molecule has 17 heavy (non-hydrogen) atoms. The van der Waals surface area contributed by atoms with Gasteiger partial charge in [0.25, 0.3) is 0 Å². The lowest BCUT2D eigenvalue weighted by atomic mass is 10.0. The van der Waals surface area contributed by atoms with Crippen molar-refractivity contribution in [3.8, 4) is 6.07 Å². The summed E-state index contributed by atoms with van der Waals surface area (Å²) in [6.07, 6.45) is 2.04. The molecule has 90 valence electrons. The zero-order valence-electron chi connectivity index (χ0n) is 9.79. The summed E-state index contributed by atoms with van der Waals surface area (Å²) in [4.78, 5) is 1.10. The maximum absolute atomic E-state index is 8.92. The monoisotopic (exact) mass is 266 g/mol. The third kappa shape index (κ3) is 2.95. The van der Waals surface area contributed by atoms with E-state index in [9.17, 15) is 0 Å². The predicted molar refractivity (Wildman–Crippen MR) is 72.7 cm³/mol. The Bertz CT molecular complexity index is 453. The molecule has 1 aromatic rings. The number of benzene rings is 1. The smallest absolute Gasteiger partial charge is 0.0936 e. The molecular formula is C13H15ClN2S. The Labute approximate surface area is 111 Å². The van der Waals surface area contributed by atoms with E-state index in [1.54, 1.807) is 11.8 Å². The first-order valence-corrected chi connectivity index (χ1v) is 7.05. The van der Waals surface area contributed by atoms with Gasteiger partial charge in [-0.25, -0.2) is 0 Å². The molecule has 1 aromatic carbocycles. The summed E-state index contributed by atoms with van der Waals surface area (Å²) in [5.41, 5.74) is 2.70. The van der Waals surface area contributed by atoms with Crippen LogP contribution < -0.4 is 5.32 Å². The molecule has 0 fully saturated rings.